The van der Waals surface area contributed by atoms with Gasteiger partial charge in [-0.05, 0) is 83.5 Å². The predicted molar refractivity (Wildman–Crippen MR) is 357 cm³/mol. The third-order valence-electron chi connectivity index (χ3n) is 15.3. The lowest BCUT2D eigenvalue weighted by molar-refractivity contribution is -0.161. The van der Waals surface area contributed by atoms with Gasteiger partial charge in [-0.2, -0.15) is 0 Å². The van der Waals surface area contributed by atoms with E-state index in [0.717, 1.165) is 103 Å². The summed E-state index contributed by atoms with van der Waals surface area (Å²) in [4.78, 5) is 24.6. The van der Waals surface area contributed by atoms with E-state index in [2.05, 4.69) is 123 Å². The molecule has 5 nitrogen and oxygen atoms in total. The van der Waals surface area contributed by atoms with Crippen LogP contribution in [-0.4, -0.2) is 36.4 Å². The Morgan fingerprint density at radius 3 is 0.802 bits per heavy atom. The Labute approximate surface area is 503 Å². The number of ether oxygens (including phenoxy) is 2. The highest BCUT2D eigenvalue weighted by Gasteiger charge is 2.16. The summed E-state index contributed by atoms with van der Waals surface area (Å²) in [7, 11) is 0. The molecule has 0 rings (SSSR count). The van der Waals surface area contributed by atoms with E-state index in [1.54, 1.807) is 0 Å². The molecule has 0 saturated heterocycles. The quantitative estimate of drug-likeness (QED) is 0.0373. The number of carbonyl (C=O) groups is 2. The van der Waals surface area contributed by atoms with Gasteiger partial charge in [0.25, 0.3) is 0 Å². The number of unbranched alkanes of at least 4 members (excludes halogenated alkanes) is 38. The van der Waals surface area contributed by atoms with E-state index in [-0.39, 0.29) is 25.2 Å². The van der Waals surface area contributed by atoms with Gasteiger partial charge in [0.2, 0.25) is 0 Å². The van der Waals surface area contributed by atoms with Crippen molar-refractivity contribution in [2.75, 3.05) is 13.2 Å². The first kappa shape index (κ1) is 77.6. The summed E-state index contributed by atoms with van der Waals surface area (Å²) in [5.74, 6) is -0.623. The molecule has 0 aromatic carbocycles. The molecule has 0 aliphatic heterocycles. The number of esters is 2. The Bertz CT molecular complexity index is 1560. The molecule has 0 spiro atoms. The average molecular weight is 1130 g/mol. The number of hydrogen-bond acceptors (Lipinski definition) is 5. The van der Waals surface area contributed by atoms with Crippen LogP contribution in [0.25, 0.3) is 0 Å². The molecule has 0 aliphatic carbocycles. The molecule has 0 saturated carbocycles. The van der Waals surface area contributed by atoms with Gasteiger partial charge in [-0.3, -0.25) is 9.59 Å². The molecule has 0 aromatic rings. The summed E-state index contributed by atoms with van der Waals surface area (Å²) < 4.78 is 10.7. The molecule has 0 aromatic heterocycles. The van der Waals surface area contributed by atoms with Crippen LogP contribution in [0, 0.1) is 0 Å². The van der Waals surface area contributed by atoms with Crippen molar-refractivity contribution in [3.05, 3.63) is 109 Å². The normalized spacial score (nSPS) is 12.9. The van der Waals surface area contributed by atoms with Crippen LogP contribution in [-0.2, 0) is 19.1 Å². The number of aliphatic hydroxyl groups is 1. The zero-order chi connectivity index (χ0) is 58.4. The zero-order valence-corrected chi connectivity index (χ0v) is 53.5. The molecular weight excluding hydrogens is 993 g/mol. The largest absolute Gasteiger partial charge is 0.462 e. The summed E-state index contributed by atoms with van der Waals surface area (Å²) >= 11 is 0. The van der Waals surface area contributed by atoms with Gasteiger partial charge in [-0.15, -0.1) is 0 Å². The van der Waals surface area contributed by atoms with Gasteiger partial charge in [-0.1, -0.05) is 354 Å². The van der Waals surface area contributed by atoms with E-state index in [1.807, 2.05) is 0 Å². The predicted octanol–water partition coefficient (Wildman–Crippen LogP) is 24.4. The summed E-state index contributed by atoms with van der Waals surface area (Å²) in [5.41, 5.74) is 0. The van der Waals surface area contributed by atoms with Gasteiger partial charge in [0.15, 0.2) is 6.10 Å². The molecule has 0 heterocycles. The third kappa shape index (κ3) is 69.0. The smallest absolute Gasteiger partial charge is 0.306 e. The van der Waals surface area contributed by atoms with Crippen molar-refractivity contribution < 1.29 is 24.2 Å². The van der Waals surface area contributed by atoms with Crippen LogP contribution in [0.1, 0.15) is 341 Å². The number of rotatable bonds is 64. The Balaban J connectivity index is 3.50. The van der Waals surface area contributed by atoms with E-state index in [4.69, 9.17) is 9.47 Å². The lowest BCUT2D eigenvalue weighted by atomic mass is 10.0. The van der Waals surface area contributed by atoms with E-state index >= 15 is 0 Å². The van der Waals surface area contributed by atoms with Crippen LogP contribution in [0.4, 0.5) is 0 Å². The highest BCUT2D eigenvalue weighted by molar-refractivity contribution is 5.70. The zero-order valence-electron chi connectivity index (χ0n) is 53.5. The van der Waals surface area contributed by atoms with E-state index in [1.165, 1.54) is 212 Å². The van der Waals surface area contributed by atoms with Gasteiger partial charge in [0, 0.05) is 12.8 Å². The molecule has 0 aliphatic rings. The standard InChI is InChI=1S/C76H132O5/c1-3-5-7-9-11-13-15-17-19-21-23-25-27-29-31-33-35-36-37-38-39-41-42-44-46-48-50-52-54-56-58-60-62-64-66-68-70-75(78)80-73-74(72-77)81-76(79)71-69-67-65-63-61-59-57-55-53-51-49-47-45-43-40-34-32-30-28-26-24-22-20-18-16-14-12-10-8-6-4-2/h6,8,12,14,18,20,24,26,30,32,40,43,47,49,53,55,59,61,74,77H,3-5,7,9-11,13,15-17,19,21-23,25,27-29,31,33-39,41-42,44-46,48,50-52,54,56-58,60,62-73H2,1-2H3/b8-6-,14-12-,20-18-,26-24-,32-30-,43-40-,49-47-,55-53-,61-59-. The number of allylic oxidation sites excluding steroid dienone is 18. The van der Waals surface area contributed by atoms with Crippen molar-refractivity contribution in [1.29, 1.82) is 0 Å². The molecule has 466 valence electrons. The lowest BCUT2D eigenvalue weighted by Gasteiger charge is -2.15. The van der Waals surface area contributed by atoms with Gasteiger partial charge in [0.1, 0.15) is 6.61 Å². The lowest BCUT2D eigenvalue weighted by Crippen LogP contribution is -2.28. The van der Waals surface area contributed by atoms with Crippen molar-refractivity contribution in [2.24, 2.45) is 0 Å². The summed E-state index contributed by atoms with van der Waals surface area (Å²) in [6.45, 7) is 4.03. The average Bonchev–Trinajstić information content (AvgIpc) is 3.47. The molecule has 5 heteroatoms. The SMILES string of the molecule is CC/C=C\C/C=C\C/C=C\C/C=C\C/C=C\C/C=C\C/C=C\C/C=C\C/C=C\CCCCCC(=O)OC(CO)COC(=O)CCCCCCCCCCCCCCCCCCCCCCCCCCCCCCCCCCCCCC. The molecule has 1 atom stereocenters. The van der Waals surface area contributed by atoms with E-state index < -0.39 is 6.10 Å². The minimum atomic E-state index is -0.798. The molecule has 0 bridgehead atoms. The van der Waals surface area contributed by atoms with Gasteiger partial charge < -0.3 is 14.6 Å². The van der Waals surface area contributed by atoms with Crippen molar-refractivity contribution in [2.45, 2.75) is 347 Å². The van der Waals surface area contributed by atoms with E-state index in [9.17, 15) is 14.7 Å². The first-order valence-corrected chi connectivity index (χ1v) is 34.9. The number of carbonyl (C=O) groups excluding carboxylic acids is 2. The molecule has 1 unspecified atom stereocenters. The molecule has 0 radical (unpaired) electrons. The highest BCUT2D eigenvalue weighted by Crippen LogP contribution is 2.18. The first-order chi connectivity index (χ1) is 40.1. The second-order valence-corrected chi connectivity index (χ2v) is 23.2. The fraction of sp³-hybridized carbons (Fsp3) is 0.737. The van der Waals surface area contributed by atoms with Crippen LogP contribution in [0.15, 0.2) is 109 Å². The maximum Gasteiger partial charge on any atom is 0.306 e. The first-order valence-electron chi connectivity index (χ1n) is 34.9. The molecule has 1 N–H and O–H groups in total. The minimum absolute atomic E-state index is 0.0827. The molecule has 81 heavy (non-hydrogen) atoms. The Morgan fingerprint density at radius 2 is 0.531 bits per heavy atom. The van der Waals surface area contributed by atoms with Gasteiger partial charge in [0.05, 0.1) is 6.61 Å². The van der Waals surface area contributed by atoms with Gasteiger partial charge in [-0.25, -0.2) is 0 Å². The van der Waals surface area contributed by atoms with Crippen LogP contribution in [0.3, 0.4) is 0 Å². The van der Waals surface area contributed by atoms with E-state index in [0.29, 0.717) is 12.8 Å². The highest BCUT2D eigenvalue weighted by atomic mass is 16.6. The topological polar surface area (TPSA) is 72.8 Å². The van der Waals surface area contributed by atoms with Crippen LogP contribution in [0.2, 0.25) is 0 Å². The molecule has 0 fully saturated rings. The van der Waals surface area contributed by atoms with Crippen molar-refractivity contribution in [3.8, 4) is 0 Å². The summed E-state index contributed by atoms with van der Waals surface area (Å²) in [6.07, 6.45) is 103. The Morgan fingerprint density at radius 1 is 0.296 bits per heavy atom. The maximum absolute atomic E-state index is 12.3. The van der Waals surface area contributed by atoms with Crippen LogP contribution in [0.5, 0.6) is 0 Å². The monoisotopic (exact) mass is 1130 g/mol. The Kier molecular flexibility index (Phi) is 67.8. The number of hydrogen-bond donors (Lipinski definition) is 1. The minimum Gasteiger partial charge on any atom is -0.462 e. The second kappa shape index (κ2) is 70.8. The second-order valence-electron chi connectivity index (χ2n) is 23.2. The van der Waals surface area contributed by atoms with Gasteiger partial charge >= 0.3 is 11.9 Å². The fourth-order valence-corrected chi connectivity index (χ4v) is 10.1. The molecule has 0 amide bonds. The Hall–Kier alpha value is -3.44. The molecular formula is C76H132O5. The third-order valence-corrected chi connectivity index (χ3v) is 15.3. The van der Waals surface area contributed by atoms with Crippen molar-refractivity contribution in [1.82, 2.24) is 0 Å². The van der Waals surface area contributed by atoms with Crippen LogP contribution < -0.4 is 0 Å². The van der Waals surface area contributed by atoms with Crippen molar-refractivity contribution in [3.63, 3.8) is 0 Å². The summed E-state index contributed by atoms with van der Waals surface area (Å²) in [5, 5.41) is 9.69. The summed E-state index contributed by atoms with van der Waals surface area (Å²) in [6, 6.07) is 0. The number of aliphatic hydroxyl groups excluding tert-OH is 1. The maximum atomic E-state index is 12.3. The van der Waals surface area contributed by atoms with Crippen LogP contribution >= 0.6 is 0 Å². The fourth-order valence-electron chi connectivity index (χ4n) is 10.1. The van der Waals surface area contributed by atoms with Crippen molar-refractivity contribution >= 4 is 11.9 Å².